The van der Waals surface area contributed by atoms with Crippen LogP contribution < -0.4 is 10.2 Å². The van der Waals surface area contributed by atoms with Crippen LogP contribution in [0.4, 0.5) is 5.95 Å². The van der Waals surface area contributed by atoms with E-state index < -0.39 is 9.84 Å². The maximum atomic E-state index is 11.1. The van der Waals surface area contributed by atoms with Crippen LogP contribution in [-0.2, 0) is 23.4 Å². The van der Waals surface area contributed by atoms with Crippen LogP contribution in [0.3, 0.4) is 0 Å². The Hall–Kier alpha value is -1.08. The second kappa shape index (κ2) is 5.71. The van der Waals surface area contributed by atoms with Gasteiger partial charge in [0.25, 0.3) is 0 Å². The Morgan fingerprint density at radius 2 is 2.11 bits per heavy atom. The molecule has 0 spiro atoms. The molecule has 6 nitrogen and oxygen atoms in total. The first-order valence-corrected chi connectivity index (χ1v) is 7.86. The minimum Gasteiger partial charge on any atom is -0.348 e. The van der Waals surface area contributed by atoms with Gasteiger partial charge in [-0.05, 0) is 6.92 Å². The molecule has 1 unspecified atom stereocenters. The quantitative estimate of drug-likeness (QED) is 0.791. The van der Waals surface area contributed by atoms with E-state index in [0.29, 0.717) is 6.54 Å². The number of imidazole rings is 1. The standard InChI is InChI=1S/C11H22N4O2S/c1-9(8-18(5,16)17)12-6-10-7-13-11(14(2)3)15(10)4/h7,9,12H,6,8H2,1-5H3. The van der Waals surface area contributed by atoms with Crippen LogP contribution in [0.5, 0.6) is 0 Å². The summed E-state index contributed by atoms with van der Waals surface area (Å²) in [6, 6.07) is -0.0716. The molecule has 7 heteroatoms. The average Bonchev–Trinajstić information content (AvgIpc) is 2.54. The SMILES string of the molecule is CC(CS(C)(=O)=O)NCc1cnc(N(C)C)n1C. The summed E-state index contributed by atoms with van der Waals surface area (Å²) in [5.74, 6) is 1.02. The zero-order valence-electron chi connectivity index (χ0n) is 11.6. The van der Waals surface area contributed by atoms with E-state index in [-0.39, 0.29) is 11.8 Å². The van der Waals surface area contributed by atoms with Crippen LogP contribution in [0.15, 0.2) is 6.20 Å². The number of aromatic nitrogens is 2. The van der Waals surface area contributed by atoms with E-state index in [4.69, 9.17) is 0 Å². The van der Waals surface area contributed by atoms with Gasteiger partial charge in [-0.15, -0.1) is 0 Å². The summed E-state index contributed by atoms with van der Waals surface area (Å²) in [7, 11) is 2.88. The first-order valence-electron chi connectivity index (χ1n) is 5.79. The Labute approximate surface area is 109 Å². The molecule has 1 atom stereocenters. The molecule has 1 heterocycles. The van der Waals surface area contributed by atoms with Crippen molar-refractivity contribution in [1.82, 2.24) is 14.9 Å². The van der Waals surface area contributed by atoms with Gasteiger partial charge in [-0.3, -0.25) is 0 Å². The molecule has 1 N–H and O–H groups in total. The van der Waals surface area contributed by atoms with Gasteiger partial charge in [-0.1, -0.05) is 0 Å². The van der Waals surface area contributed by atoms with Crippen molar-refractivity contribution in [2.45, 2.75) is 19.5 Å². The number of sulfone groups is 1. The highest BCUT2D eigenvalue weighted by Crippen LogP contribution is 2.10. The fourth-order valence-corrected chi connectivity index (χ4v) is 2.83. The van der Waals surface area contributed by atoms with Crippen LogP contribution in [-0.4, -0.2) is 50.1 Å². The van der Waals surface area contributed by atoms with E-state index in [9.17, 15) is 8.42 Å². The first-order chi connectivity index (χ1) is 8.20. The molecule has 0 fully saturated rings. The molecule has 0 saturated heterocycles. The monoisotopic (exact) mass is 274 g/mol. The van der Waals surface area contributed by atoms with Crippen molar-refractivity contribution in [2.24, 2.45) is 7.05 Å². The Bertz CT molecular complexity index is 493. The molecule has 18 heavy (non-hydrogen) atoms. The molecule has 0 aliphatic carbocycles. The highest BCUT2D eigenvalue weighted by molar-refractivity contribution is 7.90. The van der Waals surface area contributed by atoms with Gasteiger partial charge in [-0.25, -0.2) is 13.4 Å². The van der Waals surface area contributed by atoms with Gasteiger partial charge < -0.3 is 14.8 Å². The second-order valence-electron chi connectivity index (χ2n) is 4.88. The number of hydrogen-bond donors (Lipinski definition) is 1. The summed E-state index contributed by atoms with van der Waals surface area (Å²) in [4.78, 5) is 6.23. The van der Waals surface area contributed by atoms with Crippen molar-refractivity contribution >= 4 is 15.8 Å². The molecule has 1 aromatic heterocycles. The van der Waals surface area contributed by atoms with Crippen molar-refractivity contribution < 1.29 is 8.42 Å². The second-order valence-corrected chi connectivity index (χ2v) is 7.06. The normalized spacial score (nSPS) is 13.6. The number of nitrogens with one attached hydrogen (secondary N) is 1. The Morgan fingerprint density at radius 3 is 2.56 bits per heavy atom. The van der Waals surface area contributed by atoms with Gasteiger partial charge >= 0.3 is 0 Å². The van der Waals surface area contributed by atoms with Crippen molar-refractivity contribution in [1.29, 1.82) is 0 Å². The third-order valence-electron chi connectivity index (χ3n) is 2.64. The fourth-order valence-electron chi connectivity index (χ4n) is 1.81. The van der Waals surface area contributed by atoms with Gasteiger partial charge in [0.05, 0.1) is 17.6 Å². The zero-order valence-corrected chi connectivity index (χ0v) is 12.5. The molecule has 0 saturated carbocycles. The minimum absolute atomic E-state index is 0.0716. The zero-order chi connectivity index (χ0) is 13.9. The molecular weight excluding hydrogens is 252 g/mol. The fraction of sp³-hybridized carbons (Fsp3) is 0.727. The smallest absolute Gasteiger partial charge is 0.204 e. The Kier molecular flexibility index (Phi) is 4.75. The molecule has 0 bridgehead atoms. The van der Waals surface area contributed by atoms with Gasteiger partial charge in [0, 0.05) is 40.0 Å². The van der Waals surface area contributed by atoms with E-state index in [1.807, 2.05) is 37.5 Å². The van der Waals surface area contributed by atoms with Crippen molar-refractivity contribution in [3.05, 3.63) is 11.9 Å². The average molecular weight is 274 g/mol. The van der Waals surface area contributed by atoms with E-state index in [1.54, 1.807) is 6.20 Å². The largest absolute Gasteiger partial charge is 0.348 e. The lowest BCUT2D eigenvalue weighted by molar-refractivity contribution is 0.551. The Balaban J connectivity index is 2.59. The predicted molar refractivity (Wildman–Crippen MR) is 73.5 cm³/mol. The summed E-state index contributed by atoms with van der Waals surface area (Å²) < 4.78 is 24.3. The number of hydrogen-bond acceptors (Lipinski definition) is 5. The summed E-state index contributed by atoms with van der Waals surface area (Å²) in [5, 5.41) is 3.19. The van der Waals surface area contributed by atoms with Gasteiger partial charge in [0.2, 0.25) is 5.95 Å². The Morgan fingerprint density at radius 1 is 1.50 bits per heavy atom. The first kappa shape index (κ1) is 15.0. The van der Waals surface area contributed by atoms with Crippen LogP contribution in [0.2, 0.25) is 0 Å². The molecule has 1 aromatic rings. The number of rotatable bonds is 6. The molecule has 0 amide bonds. The molecule has 1 rings (SSSR count). The van der Waals surface area contributed by atoms with Gasteiger partial charge in [-0.2, -0.15) is 0 Å². The number of anilines is 1. The lowest BCUT2D eigenvalue weighted by atomic mass is 10.3. The third kappa shape index (κ3) is 4.30. The third-order valence-corrected chi connectivity index (χ3v) is 3.75. The molecule has 104 valence electrons. The van der Waals surface area contributed by atoms with Crippen LogP contribution >= 0.6 is 0 Å². The lowest BCUT2D eigenvalue weighted by Crippen LogP contribution is -2.32. The van der Waals surface area contributed by atoms with E-state index in [2.05, 4.69) is 10.3 Å². The van der Waals surface area contributed by atoms with Crippen molar-refractivity contribution in [3.8, 4) is 0 Å². The molecule has 0 aliphatic rings. The van der Waals surface area contributed by atoms with Gasteiger partial charge in [0.15, 0.2) is 0 Å². The summed E-state index contributed by atoms with van der Waals surface area (Å²) >= 11 is 0. The topological polar surface area (TPSA) is 67.2 Å². The summed E-state index contributed by atoms with van der Waals surface area (Å²) in [6.07, 6.45) is 3.05. The molecule has 0 radical (unpaired) electrons. The minimum atomic E-state index is -2.94. The predicted octanol–water partition coefficient (Wildman–Crippen LogP) is 0.00880. The molecular formula is C11H22N4O2S. The van der Waals surface area contributed by atoms with Crippen LogP contribution in [0, 0.1) is 0 Å². The van der Waals surface area contributed by atoms with E-state index in [0.717, 1.165) is 11.6 Å². The maximum absolute atomic E-state index is 11.1. The van der Waals surface area contributed by atoms with Crippen LogP contribution in [0.1, 0.15) is 12.6 Å². The van der Waals surface area contributed by atoms with Crippen molar-refractivity contribution in [3.63, 3.8) is 0 Å². The maximum Gasteiger partial charge on any atom is 0.204 e. The highest BCUT2D eigenvalue weighted by Gasteiger charge is 2.12. The summed E-state index contributed by atoms with van der Waals surface area (Å²) in [6.45, 7) is 2.47. The number of nitrogens with zero attached hydrogens (tertiary/aromatic N) is 3. The van der Waals surface area contributed by atoms with E-state index in [1.165, 1.54) is 6.26 Å². The molecule has 0 aliphatic heterocycles. The van der Waals surface area contributed by atoms with Crippen molar-refractivity contribution in [2.75, 3.05) is 31.0 Å². The van der Waals surface area contributed by atoms with Gasteiger partial charge in [0.1, 0.15) is 9.84 Å². The van der Waals surface area contributed by atoms with E-state index >= 15 is 0 Å². The van der Waals surface area contributed by atoms with Crippen LogP contribution in [0.25, 0.3) is 0 Å². The summed E-state index contributed by atoms with van der Waals surface area (Å²) in [5.41, 5.74) is 1.03. The molecule has 0 aromatic carbocycles. The highest BCUT2D eigenvalue weighted by atomic mass is 32.2. The lowest BCUT2D eigenvalue weighted by Gasteiger charge is -2.15.